The highest BCUT2D eigenvalue weighted by Crippen LogP contribution is 2.28. The Morgan fingerprint density at radius 2 is 1.88 bits per heavy atom. The number of thioether (sulfide) groups is 1. The highest BCUT2D eigenvalue weighted by Gasteiger charge is 2.28. The molecule has 2 rings (SSSR count). The quantitative estimate of drug-likeness (QED) is 0.306. The second-order valence-electron chi connectivity index (χ2n) is 5.04. The molecule has 0 bridgehead atoms. The van der Waals surface area contributed by atoms with Crippen LogP contribution in [0.5, 0.6) is 0 Å². The van der Waals surface area contributed by atoms with Crippen molar-refractivity contribution in [3.8, 4) is 0 Å². The predicted octanol–water partition coefficient (Wildman–Crippen LogP) is 2.69. The zero-order valence-corrected chi connectivity index (χ0v) is 15.6. The van der Waals surface area contributed by atoms with E-state index in [4.69, 9.17) is 0 Å². The van der Waals surface area contributed by atoms with Crippen LogP contribution in [-0.4, -0.2) is 39.2 Å². The summed E-state index contributed by atoms with van der Waals surface area (Å²) >= 11 is 1.45. The van der Waals surface area contributed by atoms with Crippen molar-refractivity contribution < 1.29 is 22.9 Å². The molecule has 0 radical (unpaired) electrons. The standard InChI is InChI=1S/C16H16N2O6S2/c1-24-16(19)11-17(12-4-3-5-13(10-12)18(20)21)26(22,23)15-8-6-14(25-2)7-9-15/h3-10H,11H2,1-2H3. The van der Waals surface area contributed by atoms with Crippen LogP contribution in [0.25, 0.3) is 0 Å². The summed E-state index contributed by atoms with van der Waals surface area (Å²) in [5, 5.41) is 11.0. The lowest BCUT2D eigenvalue weighted by Crippen LogP contribution is -2.36. The van der Waals surface area contributed by atoms with Crippen molar-refractivity contribution in [3.63, 3.8) is 0 Å². The summed E-state index contributed by atoms with van der Waals surface area (Å²) in [6, 6.07) is 11.2. The number of hydrogen-bond donors (Lipinski definition) is 0. The van der Waals surface area contributed by atoms with Gasteiger partial charge < -0.3 is 4.74 Å². The number of nitrogens with zero attached hydrogens (tertiary/aromatic N) is 2. The fourth-order valence-corrected chi connectivity index (χ4v) is 3.94. The van der Waals surface area contributed by atoms with Crippen molar-refractivity contribution in [1.82, 2.24) is 0 Å². The summed E-state index contributed by atoms with van der Waals surface area (Å²) in [5.74, 6) is -0.791. The van der Waals surface area contributed by atoms with E-state index in [1.54, 1.807) is 12.1 Å². The minimum Gasteiger partial charge on any atom is -0.468 e. The van der Waals surface area contributed by atoms with Gasteiger partial charge >= 0.3 is 5.97 Å². The summed E-state index contributed by atoms with van der Waals surface area (Å²) in [5.41, 5.74) is -0.288. The van der Waals surface area contributed by atoms with Crippen molar-refractivity contribution in [2.24, 2.45) is 0 Å². The van der Waals surface area contributed by atoms with Crippen LogP contribution in [0.15, 0.2) is 58.3 Å². The number of carbonyl (C=O) groups excluding carboxylic acids is 1. The van der Waals surface area contributed by atoms with Gasteiger partial charge in [-0.3, -0.25) is 19.2 Å². The lowest BCUT2D eigenvalue weighted by atomic mass is 10.3. The van der Waals surface area contributed by atoms with Gasteiger partial charge in [-0.05, 0) is 36.6 Å². The Bertz CT molecular complexity index is 913. The minimum absolute atomic E-state index is 0.00135. The van der Waals surface area contributed by atoms with Crippen LogP contribution >= 0.6 is 11.8 Å². The van der Waals surface area contributed by atoms with Gasteiger partial charge in [0.2, 0.25) is 0 Å². The largest absolute Gasteiger partial charge is 0.468 e. The number of hydrogen-bond acceptors (Lipinski definition) is 7. The molecule has 0 aliphatic rings. The number of non-ortho nitro benzene ring substituents is 1. The molecule has 0 fully saturated rings. The lowest BCUT2D eigenvalue weighted by Gasteiger charge is -2.23. The average Bonchev–Trinajstić information content (AvgIpc) is 2.65. The van der Waals surface area contributed by atoms with E-state index in [1.165, 1.54) is 42.1 Å². The molecule has 0 unspecified atom stereocenters. The number of ether oxygens (including phenoxy) is 1. The second-order valence-corrected chi connectivity index (χ2v) is 7.78. The van der Waals surface area contributed by atoms with E-state index in [9.17, 15) is 23.3 Å². The molecule has 8 nitrogen and oxygen atoms in total. The van der Waals surface area contributed by atoms with Crippen LogP contribution in [0.3, 0.4) is 0 Å². The molecule has 0 spiro atoms. The lowest BCUT2D eigenvalue weighted by molar-refractivity contribution is -0.384. The van der Waals surface area contributed by atoms with Gasteiger partial charge in [0.15, 0.2) is 0 Å². The normalized spacial score (nSPS) is 11.0. The van der Waals surface area contributed by atoms with Crippen molar-refractivity contribution in [2.45, 2.75) is 9.79 Å². The van der Waals surface area contributed by atoms with Crippen molar-refractivity contribution in [2.75, 3.05) is 24.2 Å². The molecular weight excluding hydrogens is 380 g/mol. The first kappa shape index (κ1) is 19.7. The van der Waals surface area contributed by atoms with E-state index in [0.717, 1.165) is 22.4 Å². The van der Waals surface area contributed by atoms with Gasteiger partial charge in [-0.25, -0.2) is 8.42 Å². The van der Waals surface area contributed by atoms with Crippen molar-refractivity contribution in [1.29, 1.82) is 0 Å². The summed E-state index contributed by atoms with van der Waals surface area (Å²) in [4.78, 5) is 22.9. The molecule has 0 aliphatic carbocycles. The Balaban J connectivity index is 2.54. The van der Waals surface area contributed by atoms with Crippen LogP contribution < -0.4 is 4.31 Å². The minimum atomic E-state index is -4.13. The van der Waals surface area contributed by atoms with E-state index >= 15 is 0 Å². The fourth-order valence-electron chi connectivity index (χ4n) is 2.13. The Labute approximate surface area is 155 Å². The first-order chi connectivity index (χ1) is 12.3. The number of carbonyl (C=O) groups is 1. The number of sulfonamides is 1. The molecule has 0 atom stereocenters. The third-order valence-corrected chi connectivity index (χ3v) is 6.01. The van der Waals surface area contributed by atoms with Gasteiger partial charge in [-0.1, -0.05) is 6.07 Å². The van der Waals surface area contributed by atoms with E-state index in [1.807, 2.05) is 6.26 Å². The monoisotopic (exact) mass is 396 g/mol. The molecule has 26 heavy (non-hydrogen) atoms. The summed E-state index contributed by atoms with van der Waals surface area (Å²) in [7, 11) is -2.99. The van der Waals surface area contributed by atoms with Gasteiger partial charge in [0.05, 0.1) is 22.6 Å². The zero-order chi connectivity index (χ0) is 19.3. The number of methoxy groups -OCH3 is 1. The van der Waals surface area contributed by atoms with E-state index in [0.29, 0.717) is 0 Å². The van der Waals surface area contributed by atoms with Gasteiger partial charge in [0, 0.05) is 17.0 Å². The van der Waals surface area contributed by atoms with E-state index in [-0.39, 0.29) is 16.3 Å². The van der Waals surface area contributed by atoms with Gasteiger partial charge in [0.25, 0.3) is 15.7 Å². The van der Waals surface area contributed by atoms with E-state index in [2.05, 4.69) is 4.74 Å². The molecule has 10 heteroatoms. The molecule has 0 N–H and O–H groups in total. The first-order valence-electron chi connectivity index (χ1n) is 7.27. The van der Waals surface area contributed by atoms with Gasteiger partial charge in [0.1, 0.15) is 6.54 Å². The summed E-state index contributed by atoms with van der Waals surface area (Å²) < 4.78 is 31.4. The molecule has 2 aromatic rings. The maximum Gasteiger partial charge on any atom is 0.326 e. The predicted molar refractivity (Wildman–Crippen MR) is 97.9 cm³/mol. The molecule has 0 aromatic heterocycles. The number of rotatable bonds is 7. The third kappa shape index (κ3) is 4.33. The average molecular weight is 396 g/mol. The SMILES string of the molecule is COC(=O)CN(c1cccc([N+](=O)[O-])c1)S(=O)(=O)c1ccc(SC)cc1. The van der Waals surface area contributed by atoms with Crippen molar-refractivity contribution in [3.05, 3.63) is 58.6 Å². The Hall–Kier alpha value is -2.59. The topological polar surface area (TPSA) is 107 Å². The number of esters is 1. The van der Waals surface area contributed by atoms with Crippen molar-refractivity contribution >= 4 is 39.1 Å². The van der Waals surface area contributed by atoms with Crippen LogP contribution in [0.2, 0.25) is 0 Å². The first-order valence-corrected chi connectivity index (χ1v) is 9.94. The molecule has 0 aliphatic heterocycles. The van der Waals surface area contributed by atoms with Crippen LogP contribution in [-0.2, 0) is 19.6 Å². The Morgan fingerprint density at radius 1 is 1.23 bits per heavy atom. The van der Waals surface area contributed by atoms with E-state index < -0.39 is 27.5 Å². The molecule has 138 valence electrons. The second kappa shape index (κ2) is 8.19. The molecule has 2 aromatic carbocycles. The van der Waals surface area contributed by atoms with Crippen LogP contribution in [0.4, 0.5) is 11.4 Å². The number of nitro groups is 1. The summed E-state index contributed by atoms with van der Waals surface area (Å²) in [6.07, 6.45) is 1.86. The van der Waals surface area contributed by atoms with Crippen LogP contribution in [0, 0.1) is 10.1 Å². The summed E-state index contributed by atoms with van der Waals surface area (Å²) in [6.45, 7) is -0.607. The Morgan fingerprint density at radius 3 is 2.42 bits per heavy atom. The smallest absolute Gasteiger partial charge is 0.326 e. The third-order valence-electron chi connectivity index (χ3n) is 3.48. The number of anilines is 1. The molecule has 0 heterocycles. The maximum atomic E-state index is 13.0. The zero-order valence-electron chi connectivity index (χ0n) is 14.0. The van der Waals surface area contributed by atoms with Gasteiger partial charge in [-0.2, -0.15) is 0 Å². The fraction of sp³-hybridized carbons (Fsp3) is 0.188. The molecular formula is C16H16N2O6S2. The molecule has 0 saturated carbocycles. The number of nitro benzene ring substituents is 1. The molecule has 0 saturated heterocycles. The highest BCUT2D eigenvalue weighted by molar-refractivity contribution is 7.98. The van der Waals surface area contributed by atoms with Crippen LogP contribution in [0.1, 0.15) is 0 Å². The van der Waals surface area contributed by atoms with Gasteiger partial charge in [-0.15, -0.1) is 11.8 Å². The highest BCUT2D eigenvalue weighted by atomic mass is 32.2. The maximum absolute atomic E-state index is 13.0. The Kier molecular flexibility index (Phi) is 6.22. The number of benzene rings is 2. The molecule has 0 amide bonds.